The third kappa shape index (κ3) is 4.55. The Labute approximate surface area is 128 Å². The molecule has 0 saturated carbocycles. The lowest BCUT2D eigenvalue weighted by atomic mass is 10.1. The Hall–Kier alpha value is -1.51. The Morgan fingerprint density at radius 1 is 1.00 bits per heavy atom. The summed E-state index contributed by atoms with van der Waals surface area (Å²) in [5.41, 5.74) is 3.05. The zero-order valence-corrected chi connectivity index (χ0v) is 12.4. The maximum absolute atomic E-state index is 11.9. The first-order chi connectivity index (χ1) is 9.67. The van der Waals surface area contributed by atoms with E-state index in [1.54, 1.807) is 12.1 Å². The van der Waals surface area contributed by atoms with Crippen molar-refractivity contribution in [2.75, 3.05) is 0 Å². The predicted molar refractivity (Wildman–Crippen MR) is 83.0 cm³/mol. The molecule has 0 aliphatic heterocycles. The SMILES string of the molecule is O=C(Cc1ccc(Cl)cc1)NCc1cccc(CCl)c1. The molecule has 0 unspecified atom stereocenters. The fourth-order valence-corrected chi connectivity index (χ4v) is 2.17. The third-order valence-corrected chi connectivity index (χ3v) is 3.47. The molecule has 0 heterocycles. The van der Waals surface area contributed by atoms with Crippen molar-refractivity contribution in [3.8, 4) is 0 Å². The highest BCUT2D eigenvalue weighted by atomic mass is 35.5. The Kier molecular flexibility index (Phi) is 5.45. The summed E-state index contributed by atoms with van der Waals surface area (Å²) in [4.78, 5) is 11.9. The molecule has 2 aromatic carbocycles. The molecule has 0 aliphatic carbocycles. The van der Waals surface area contributed by atoms with Crippen LogP contribution in [0.4, 0.5) is 0 Å². The van der Waals surface area contributed by atoms with Crippen molar-refractivity contribution in [2.45, 2.75) is 18.8 Å². The number of carbonyl (C=O) groups excluding carboxylic acids is 1. The summed E-state index contributed by atoms with van der Waals surface area (Å²) < 4.78 is 0. The maximum Gasteiger partial charge on any atom is 0.224 e. The second-order valence-electron chi connectivity index (χ2n) is 4.53. The molecule has 0 radical (unpaired) electrons. The number of carbonyl (C=O) groups is 1. The van der Waals surface area contributed by atoms with E-state index in [1.165, 1.54) is 0 Å². The van der Waals surface area contributed by atoms with Gasteiger partial charge in [-0.3, -0.25) is 4.79 Å². The van der Waals surface area contributed by atoms with Crippen molar-refractivity contribution in [1.29, 1.82) is 0 Å². The highest BCUT2D eigenvalue weighted by Gasteiger charge is 2.03. The van der Waals surface area contributed by atoms with E-state index in [2.05, 4.69) is 5.32 Å². The summed E-state index contributed by atoms with van der Waals surface area (Å²) in [6.45, 7) is 0.511. The minimum absolute atomic E-state index is 0.0106. The van der Waals surface area contributed by atoms with Crippen LogP contribution >= 0.6 is 23.2 Å². The topological polar surface area (TPSA) is 29.1 Å². The van der Waals surface area contributed by atoms with Crippen molar-refractivity contribution in [3.63, 3.8) is 0 Å². The molecule has 0 aromatic heterocycles. The summed E-state index contributed by atoms with van der Waals surface area (Å²) in [6, 6.07) is 15.2. The first-order valence-electron chi connectivity index (χ1n) is 6.32. The standard InChI is InChI=1S/C16H15Cl2NO/c17-10-13-2-1-3-14(8-13)11-19-16(20)9-12-4-6-15(18)7-5-12/h1-8H,9-11H2,(H,19,20). The van der Waals surface area contributed by atoms with Gasteiger partial charge in [-0.2, -0.15) is 0 Å². The molecule has 2 aromatic rings. The number of rotatable bonds is 5. The van der Waals surface area contributed by atoms with E-state index >= 15 is 0 Å². The van der Waals surface area contributed by atoms with E-state index in [4.69, 9.17) is 23.2 Å². The number of halogens is 2. The van der Waals surface area contributed by atoms with Gasteiger partial charge in [0.1, 0.15) is 0 Å². The van der Waals surface area contributed by atoms with Crippen LogP contribution in [0.25, 0.3) is 0 Å². The van der Waals surface area contributed by atoms with Crippen molar-refractivity contribution >= 4 is 29.1 Å². The van der Waals surface area contributed by atoms with Crippen LogP contribution in [0.15, 0.2) is 48.5 Å². The van der Waals surface area contributed by atoms with Crippen LogP contribution in [0.5, 0.6) is 0 Å². The minimum atomic E-state index is -0.0106. The average molecular weight is 308 g/mol. The quantitative estimate of drug-likeness (QED) is 0.833. The van der Waals surface area contributed by atoms with Gasteiger partial charge in [-0.15, -0.1) is 11.6 Å². The Balaban J connectivity index is 1.87. The number of hydrogen-bond acceptors (Lipinski definition) is 1. The van der Waals surface area contributed by atoms with Gasteiger partial charge in [-0.1, -0.05) is 48.0 Å². The largest absolute Gasteiger partial charge is 0.352 e. The van der Waals surface area contributed by atoms with Crippen molar-refractivity contribution < 1.29 is 4.79 Å². The smallest absolute Gasteiger partial charge is 0.224 e. The molecular weight excluding hydrogens is 293 g/mol. The van der Waals surface area contributed by atoms with Crippen LogP contribution in [0, 0.1) is 0 Å². The molecule has 1 amide bonds. The predicted octanol–water partition coefficient (Wildman–Crippen LogP) is 3.94. The highest BCUT2D eigenvalue weighted by Crippen LogP contribution is 2.10. The molecule has 2 nitrogen and oxygen atoms in total. The summed E-state index contributed by atoms with van der Waals surface area (Å²) in [5, 5.41) is 3.57. The lowest BCUT2D eigenvalue weighted by Crippen LogP contribution is -2.24. The van der Waals surface area contributed by atoms with Gasteiger partial charge in [0.25, 0.3) is 0 Å². The van der Waals surface area contributed by atoms with Crippen LogP contribution in [-0.4, -0.2) is 5.91 Å². The molecule has 1 N–H and O–H groups in total. The number of hydrogen-bond donors (Lipinski definition) is 1. The van der Waals surface area contributed by atoms with Gasteiger partial charge in [0.05, 0.1) is 6.42 Å². The minimum Gasteiger partial charge on any atom is -0.352 e. The number of amides is 1. The summed E-state index contributed by atoms with van der Waals surface area (Å²) in [7, 11) is 0. The van der Waals surface area contributed by atoms with Gasteiger partial charge in [0.2, 0.25) is 5.91 Å². The average Bonchev–Trinajstić information content (AvgIpc) is 2.48. The summed E-state index contributed by atoms with van der Waals surface area (Å²) >= 11 is 11.6. The zero-order valence-electron chi connectivity index (χ0n) is 10.9. The van der Waals surface area contributed by atoms with E-state index in [9.17, 15) is 4.79 Å². The fourth-order valence-electron chi connectivity index (χ4n) is 1.87. The van der Waals surface area contributed by atoms with Gasteiger partial charge in [-0.25, -0.2) is 0 Å². The molecule has 2 rings (SSSR count). The number of nitrogens with one attached hydrogen (secondary N) is 1. The van der Waals surface area contributed by atoms with E-state index in [1.807, 2.05) is 36.4 Å². The molecule has 0 bridgehead atoms. The van der Waals surface area contributed by atoms with Crippen LogP contribution < -0.4 is 5.32 Å². The number of benzene rings is 2. The molecule has 0 spiro atoms. The van der Waals surface area contributed by atoms with Gasteiger partial charge in [0.15, 0.2) is 0 Å². The van der Waals surface area contributed by atoms with E-state index in [0.717, 1.165) is 16.7 Å². The first kappa shape index (κ1) is 14.9. The van der Waals surface area contributed by atoms with Crippen molar-refractivity contribution in [2.24, 2.45) is 0 Å². The molecule has 0 fully saturated rings. The van der Waals surface area contributed by atoms with Gasteiger partial charge in [-0.05, 0) is 28.8 Å². The molecule has 0 aliphatic rings. The van der Waals surface area contributed by atoms with Gasteiger partial charge in [0, 0.05) is 17.4 Å². The van der Waals surface area contributed by atoms with Crippen molar-refractivity contribution in [3.05, 3.63) is 70.2 Å². The molecule has 20 heavy (non-hydrogen) atoms. The highest BCUT2D eigenvalue weighted by molar-refractivity contribution is 6.30. The molecule has 0 saturated heterocycles. The third-order valence-electron chi connectivity index (χ3n) is 2.91. The second-order valence-corrected chi connectivity index (χ2v) is 5.24. The number of alkyl halides is 1. The first-order valence-corrected chi connectivity index (χ1v) is 7.23. The van der Waals surface area contributed by atoms with E-state index in [-0.39, 0.29) is 5.91 Å². The van der Waals surface area contributed by atoms with Crippen LogP contribution in [0.2, 0.25) is 5.02 Å². The molecule has 104 valence electrons. The lowest BCUT2D eigenvalue weighted by Gasteiger charge is -2.07. The maximum atomic E-state index is 11.9. The Bertz CT molecular complexity index is 581. The summed E-state index contributed by atoms with van der Waals surface area (Å²) in [6.07, 6.45) is 0.354. The van der Waals surface area contributed by atoms with Crippen LogP contribution in [0.1, 0.15) is 16.7 Å². The van der Waals surface area contributed by atoms with E-state index < -0.39 is 0 Å². The molecule has 0 atom stereocenters. The molecular formula is C16H15Cl2NO. The Morgan fingerprint density at radius 3 is 2.40 bits per heavy atom. The van der Waals surface area contributed by atoms with Crippen LogP contribution in [0.3, 0.4) is 0 Å². The fraction of sp³-hybridized carbons (Fsp3) is 0.188. The van der Waals surface area contributed by atoms with Gasteiger partial charge >= 0.3 is 0 Å². The summed E-state index contributed by atoms with van der Waals surface area (Å²) in [5.74, 6) is 0.468. The van der Waals surface area contributed by atoms with E-state index in [0.29, 0.717) is 23.9 Å². The monoisotopic (exact) mass is 307 g/mol. The van der Waals surface area contributed by atoms with Crippen molar-refractivity contribution in [1.82, 2.24) is 5.32 Å². The molecule has 4 heteroatoms. The van der Waals surface area contributed by atoms with Crippen LogP contribution in [-0.2, 0) is 23.6 Å². The Morgan fingerprint density at radius 2 is 1.70 bits per heavy atom. The second kappa shape index (κ2) is 7.32. The zero-order chi connectivity index (χ0) is 14.4. The lowest BCUT2D eigenvalue weighted by molar-refractivity contribution is -0.120. The van der Waals surface area contributed by atoms with Gasteiger partial charge < -0.3 is 5.32 Å². The normalized spacial score (nSPS) is 10.3.